The van der Waals surface area contributed by atoms with Crippen molar-refractivity contribution >= 4 is 35.1 Å². The monoisotopic (exact) mass is 374 g/mol. The first kappa shape index (κ1) is 19.3. The summed E-state index contributed by atoms with van der Waals surface area (Å²) in [4.78, 5) is 36.4. The lowest BCUT2D eigenvalue weighted by molar-refractivity contribution is 0.0827. The van der Waals surface area contributed by atoms with Gasteiger partial charge >= 0.3 is 6.03 Å². The molecule has 0 saturated heterocycles. The van der Waals surface area contributed by atoms with E-state index in [0.29, 0.717) is 16.8 Å². The number of nitrogens with one attached hydrogen (secondary N) is 2. The Morgan fingerprint density at radius 3 is 2.27 bits per heavy atom. The number of hydrogen-bond donors (Lipinski definition) is 3. The third-order valence-corrected chi connectivity index (χ3v) is 3.86. The number of urea groups is 1. The normalized spacial score (nSPS) is 10.1. The molecule has 0 aromatic heterocycles. The first-order chi connectivity index (χ1) is 12.3. The molecule has 0 atom stereocenters. The average molecular weight is 375 g/mol. The van der Waals surface area contributed by atoms with Gasteiger partial charge in [0.2, 0.25) is 0 Å². The number of nitrogens with zero attached hydrogens (tertiary/aromatic N) is 1. The summed E-state index contributed by atoms with van der Waals surface area (Å²) in [6, 6.07) is 10.8. The van der Waals surface area contributed by atoms with E-state index >= 15 is 0 Å². The third-order valence-electron chi connectivity index (χ3n) is 3.55. The maximum atomic E-state index is 12.3. The minimum Gasteiger partial charge on any atom is -0.352 e. The van der Waals surface area contributed by atoms with Crippen LogP contribution in [0.15, 0.2) is 42.5 Å². The van der Waals surface area contributed by atoms with Crippen LogP contribution in [0.2, 0.25) is 5.02 Å². The number of rotatable bonds is 5. The minimum atomic E-state index is -0.611. The summed E-state index contributed by atoms with van der Waals surface area (Å²) in [7, 11) is 3.27. The van der Waals surface area contributed by atoms with Crippen LogP contribution in [0.4, 0.5) is 10.5 Å². The van der Waals surface area contributed by atoms with Crippen LogP contribution in [0, 0.1) is 0 Å². The fourth-order valence-electron chi connectivity index (χ4n) is 2.17. The second-order valence-electron chi connectivity index (χ2n) is 5.76. The second-order valence-corrected chi connectivity index (χ2v) is 6.17. The highest BCUT2D eigenvalue weighted by molar-refractivity contribution is 6.34. The first-order valence-electron chi connectivity index (χ1n) is 7.72. The first-order valence-corrected chi connectivity index (χ1v) is 8.10. The molecule has 0 spiro atoms. The Bertz CT molecular complexity index is 835. The molecule has 2 aromatic rings. The molecular weight excluding hydrogens is 356 g/mol. The van der Waals surface area contributed by atoms with Gasteiger partial charge in [0, 0.05) is 31.9 Å². The van der Waals surface area contributed by atoms with E-state index in [1.165, 1.54) is 11.0 Å². The highest BCUT2D eigenvalue weighted by atomic mass is 35.5. The van der Waals surface area contributed by atoms with Gasteiger partial charge in [-0.15, -0.1) is 0 Å². The number of halogens is 1. The quantitative estimate of drug-likeness (QED) is 0.748. The van der Waals surface area contributed by atoms with E-state index < -0.39 is 6.03 Å². The van der Waals surface area contributed by atoms with E-state index in [-0.39, 0.29) is 23.4 Å². The predicted molar refractivity (Wildman–Crippen MR) is 100 cm³/mol. The van der Waals surface area contributed by atoms with Gasteiger partial charge < -0.3 is 21.3 Å². The van der Waals surface area contributed by atoms with Crippen molar-refractivity contribution in [2.24, 2.45) is 5.73 Å². The van der Waals surface area contributed by atoms with Crippen molar-refractivity contribution in [2.75, 3.05) is 19.4 Å². The van der Waals surface area contributed by atoms with Gasteiger partial charge in [-0.1, -0.05) is 23.7 Å². The van der Waals surface area contributed by atoms with Gasteiger partial charge in [0.05, 0.1) is 10.6 Å². The fraction of sp³-hybridized carbons (Fsp3) is 0.167. The van der Waals surface area contributed by atoms with Crippen LogP contribution >= 0.6 is 11.6 Å². The molecule has 0 bridgehead atoms. The fourth-order valence-corrected chi connectivity index (χ4v) is 2.43. The van der Waals surface area contributed by atoms with Crippen LogP contribution in [0.25, 0.3) is 0 Å². The molecule has 0 aliphatic carbocycles. The van der Waals surface area contributed by atoms with Gasteiger partial charge in [0.15, 0.2) is 0 Å². The number of primary amides is 1. The molecule has 8 heteroatoms. The van der Waals surface area contributed by atoms with E-state index in [9.17, 15) is 14.4 Å². The molecule has 0 aliphatic heterocycles. The Morgan fingerprint density at radius 2 is 1.73 bits per heavy atom. The smallest absolute Gasteiger partial charge is 0.312 e. The highest BCUT2D eigenvalue weighted by Gasteiger charge is 2.14. The molecule has 4 N–H and O–H groups in total. The van der Waals surface area contributed by atoms with Gasteiger partial charge in [0.1, 0.15) is 0 Å². The number of hydrogen-bond acceptors (Lipinski definition) is 3. The summed E-state index contributed by atoms with van der Waals surface area (Å²) in [5.74, 6) is -0.532. The standard InChI is InChI=1S/C18H19ClN4O3/c1-23(2)17(25)14-8-7-13(9-15(14)19)22-16(24)12-5-3-11(4-6-12)10-21-18(20)26/h3-9H,10H2,1-2H3,(H,22,24)(H3,20,21,26). The lowest BCUT2D eigenvalue weighted by Gasteiger charge is -2.13. The zero-order valence-corrected chi connectivity index (χ0v) is 15.1. The molecule has 136 valence electrons. The molecule has 0 fully saturated rings. The van der Waals surface area contributed by atoms with E-state index in [1.54, 1.807) is 50.5 Å². The molecule has 0 saturated carbocycles. The van der Waals surface area contributed by atoms with Crippen molar-refractivity contribution < 1.29 is 14.4 Å². The average Bonchev–Trinajstić information content (AvgIpc) is 2.59. The molecule has 0 heterocycles. The van der Waals surface area contributed by atoms with Crippen LogP contribution in [-0.4, -0.2) is 36.8 Å². The maximum absolute atomic E-state index is 12.3. The van der Waals surface area contributed by atoms with E-state index in [1.807, 2.05) is 0 Å². The number of anilines is 1. The van der Waals surface area contributed by atoms with Gasteiger partial charge in [-0.05, 0) is 35.9 Å². The van der Waals surface area contributed by atoms with Crippen LogP contribution in [0.3, 0.4) is 0 Å². The second kappa shape index (κ2) is 8.35. The summed E-state index contributed by atoms with van der Waals surface area (Å²) in [5.41, 5.74) is 7.11. The maximum Gasteiger partial charge on any atom is 0.312 e. The number of amides is 4. The number of nitrogens with two attached hydrogens (primary N) is 1. The van der Waals surface area contributed by atoms with Gasteiger partial charge in [-0.25, -0.2) is 4.79 Å². The molecule has 2 aromatic carbocycles. The Balaban J connectivity index is 2.06. The Kier molecular flexibility index (Phi) is 6.19. The molecular formula is C18H19ClN4O3. The summed E-state index contributed by atoms with van der Waals surface area (Å²) >= 11 is 6.14. The van der Waals surface area contributed by atoms with Crippen LogP contribution in [-0.2, 0) is 6.54 Å². The molecule has 0 radical (unpaired) electrons. The summed E-state index contributed by atoms with van der Waals surface area (Å²) in [5, 5.41) is 5.46. The number of benzene rings is 2. The molecule has 0 unspecified atom stereocenters. The van der Waals surface area contributed by atoms with Crippen molar-refractivity contribution in [3.05, 3.63) is 64.2 Å². The summed E-state index contributed by atoms with van der Waals surface area (Å²) < 4.78 is 0. The van der Waals surface area contributed by atoms with Crippen molar-refractivity contribution in [1.29, 1.82) is 0 Å². The Morgan fingerprint density at radius 1 is 1.08 bits per heavy atom. The van der Waals surface area contributed by atoms with Crippen molar-refractivity contribution in [3.63, 3.8) is 0 Å². The number of carbonyl (C=O) groups is 3. The van der Waals surface area contributed by atoms with Crippen LogP contribution in [0.5, 0.6) is 0 Å². The van der Waals surface area contributed by atoms with Crippen molar-refractivity contribution in [3.8, 4) is 0 Å². The van der Waals surface area contributed by atoms with E-state index in [4.69, 9.17) is 17.3 Å². The molecule has 7 nitrogen and oxygen atoms in total. The summed E-state index contributed by atoms with van der Waals surface area (Å²) in [6.07, 6.45) is 0. The van der Waals surface area contributed by atoms with Gasteiger partial charge in [-0.2, -0.15) is 0 Å². The zero-order chi connectivity index (χ0) is 19.3. The lowest BCUT2D eigenvalue weighted by Crippen LogP contribution is -2.28. The van der Waals surface area contributed by atoms with Gasteiger partial charge in [0.25, 0.3) is 11.8 Å². The molecule has 4 amide bonds. The third kappa shape index (κ3) is 4.97. The number of carbonyl (C=O) groups excluding carboxylic acids is 3. The summed E-state index contributed by atoms with van der Waals surface area (Å²) in [6.45, 7) is 0.286. The molecule has 2 rings (SSSR count). The van der Waals surface area contributed by atoms with Crippen LogP contribution < -0.4 is 16.4 Å². The SMILES string of the molecule is CN(C)C(=O)c1ccc(NC(=O)c2ccc(CNC(N)=O)cc2)cc1Cl. The molecule has 0 aliphatic rings. The zero-order valence-electron chi connectivity index (χ0n) is 14.4. The van der Waals surface area contributed by atoms with Crippen LogP contribution in [0.1, 0.15) is 26.3 Å². The lowest BCUT2D eigenvalue weighted by atomic mass is 10.1. The Labute approximate surface area is 156 Å². The van der Waals surface area contributed by atoms with E-state index in [2.05, 4.69) is 10.6 Å². The Hall–Kier alpha value is -3.06. The minimum absolute atomic E-state index is 0.215. The predicted octanol–water partition coefficient (Wildman–Crippen LogP) is 2.46. The highest BCUT2D eigenvalue weighted by Crippen LogP contribution is 2.22. The topological polar surface area (TPSA) is 105 Å². The van der Waals surface area contributed by atoms with E-state index in [0.717, 1.165) is 5.56 Å². The van der Waals surface area contributed by atoms with Crippen molar-refractivity contribution in [1.82, 2.24) is 10.2 Å². The van der Waals surface area contributed by atoms with Crippen molar-refractivity contribution in [2.45, 2.75) is 6.54 Å². The largest absolute Gasteiger partial charge is 0.352 e. The molecule has 26 heavy (non-hydrogen) atoms. The van der Waals surface area contributed by atoms with Gasteiger partial charge in [-0.3, -0.25) is 9.59 Å².